The normalized spacial score (nSPS) is 17.2. The molecule has 196 valence electrons. The Bertz CT molecular complexity index is 1050. The molecule has 0 atom stereocenters. The molecule has 0 aromatic carbocycles. The van der Waals surface area contributed by atoms with Crippen LogP contribution in [0.2, 0.25) is 0 Å². The molecule has 0 radical (unpaired) electrons. The molecule has 1 saturated carbocycles. The number of hydrogen-bond acceptors (Lipinski definition) is 10. The fourth-order valence-electron chi connectivity index (χ4n) is 5.05. The maximum atomic E-state index is 4.85. The molecule has 0 spiro atoms. The van der Waals surface area contributed by atoms with Crippen LogP contribution in [0.5, 0.6) is 0 Å². The van der Waals surface area contributed by atoms with Crippen molar-refractivity contribution in [1.29, 1.82) is 0 Å². The Labute approximate surface area is 217 Å². The van der Waals surface area contributed by atoms with Crippen LogP contribution in [0.25, 0.3) is 10.2 Å². The molecule has 0 amide bonds. The topological polar surface area (TPSA) is 108 Å². The van der Waals surface area contributed by atoms with Crippen molar-refractivity contribution in [2.75, 3.05) is 56.0 Å². The summed E-state index contributed by atoms with van der Waals surface area (Å²) in [5.74, 6) is 1.67. The van der Waals surface area contributed by atoms with E-state index in [9.17, 15) is 0 Å². The Morgan fingerprint density at radius 3 is 2.78 bits per heavy atom. The second-order valence-electron chi connectivity index (χ2n) is 9.82. The summed E-state index contributed by atoms with van der Waals surface area (Å²) in [4.78, 5) is 12.9. The summed E-state index contributed by atoms with van der Waals surface area (Å²) < 4.78 is 1.93. The van der Waals surface area contributed by atoms with Crippen molar-refractivity contribution in [3.8, 4) is 0 Å². The molecule has 1 aliphatic carbocycles. The van der Waals surface area contributed by atoms with Gasteiger partial charge >= 0.3 is 0 Å². The van der Waals surface area contributed by atoms with Crippen LogP contribution in [0, 0.1) is 0 Å². The minimum atomic E-state index is 0.560. The molecule has 36 heavy (non-hydrogen) atoms. The number of hydrogen-bond donors (Lipinski definition) is 4. The Hall–Kier alpha value is -2.34. The molecule has 3 aromatic heterocycles. The standard InChI is InChI=1S/C25H40N10S/c1-2-6-20(7-3-1)28-11-4-9-26-10-5-14-35-19-21(32-33-35)18-29-25-30-23(34-15-12-27-13-16-34)22-8-17-36-24(22)31-25/h8,17,19-20,26-28H,1-7,9-16,18H2,(H,29,30,31). The lowest BCUT2D eigenvalue weighted by atomic mass is 9.95. The van der Waals surface area contributed by atoms with Crippen molar-refractivity contribution < 1.29 is 0 Å². The molecular weight excluding hydrogens is 472 g/mol. The molecule has 4 N–H and O–H groups in total. The summed E-state index contributed by atoms with van der Waals surface area (Å²) >= 11 is 1.65. The van der Waals surface area contributed by atoms with Crippen molar-refractivity contribution in [3.05, 3.63) is 23.3 Å². The first-order valence-electron chi connectivity index (χ1n) is 13.6. The largest absolute Gasteiger partial charge is 0.353 e. The van der Waals surface area contributed by atoms with Crippen LogP contribution in [-0.2, 0) is 13.1 Å². The average molecular weight is 513 g/mol. The van der Waals surface area contributed by atoms with E-state index in [1.807, 2.05) is 10.9 Å². The smallest absolute Gasteiger partial charge is 0.226 e. The van der Waals surface area contributed by atoms with E-state index in [2.05, 4.69) is 47.9 Å². The van der Waals surface area contributed by atoms with Crippen LogP contribution < -0.4 is 26.2 Å². The first kappa shape index (κ1) is 25.3. The summed E-state index contributed by atoms with van der Waals surface area (Å²) in [7, 11) is 0. The Kier molecular flexibility index (Phi) is 9.33. The molecule has 0 unspecified atom stereocenters. The van der Waals surface area contributed by atoms with Gasteiger partial charge < -0.3 is 26.2 Å². The number of aromatic nitrogens is 5. The van der Waals surface area contributed by atoms with Crippen LogP contribution in [0.3, 0.4) is 0 Å². The predicted molar refractivity (Wildman–Crippen MR) is 147 cm³/mol. The van der Waals surface area contributed by atoms with Crippen molar-refractivity contribution >= 4 is 33.3 Å². The summed E-state index contributed by atoms with van der Waals surface area (Å²) in [6.45, 7) is 8.50. The molecule has 1 saturated heterocycles. The third-order valence-corrected chi connectivity index (χ3v) is 7.85. The molecule has 3 aromatic rings. The van der Waals surface area contributed by atoms with Gasteiger partial charge in [-0.3, -0.25) is 4.68 Å². The summed E-state index contributed by atoms with van der Waals surface area (Å²) in [6, 6.07) is 2.88. The zero-order chi connectivity index (χ0) is 24.4. The molecule has 10 nitrogen and oxygen atoms in total. The number of rotatable bonds is 13. The highest BCUT2D eigenvalue weighted by atomic mass is 32.1. The predicted octanol–water partition coefficient (Wildman–Crippen LogP) is 2.60. The van der Waals surface area contributed by atoms with Gasteiger partial charge in [0.05, 0.1) is 18.1 Å². The van der Waals surface area contributed by atoms with Gasteiger partial charge in [-0.2, -0.15) is 4.98 Å². The highest BCUT2D eigenvalue weighted by molar-refractivity contribution is 7.16. The summed E-state index contributed by atoms with van der Waals surface area (Å²) in [5.41, 5.74) is 0.898. The quantitative estimate of drug-likeness (QED) is 0.257. The first-order valence-corrected chi connectivity index (χ1v) is 14.5. The molecular formula is C25H40N10S. The molecule has 0 bridgehead atoms. The number of nitrogens with zero attached hydrogens (tertiary/aromatic N) is 6. The monoisotopic (exact) mass is 512 g/mol. The minimum Gasteiger partial charge on any atom is -0.353 e. The van der Waals surface area contributed by atoms with Gasteiger partial charge in [0.1, 0.15) is 16.3 Å². The van der Waals surface area contributed by atoms with Gasteiger partial charge in [0.25, 0.3) is 0 Å². The highest BCUT2D eigenvalue weighted by Gasteiger charge is 2.17. The van der Waals surface area contributed by atoms with Gasteiger partial charge in [-0.25, -0.2) is 4.98 Å². The molecule has 5 rings (SSSR count). The van der Waals surface area contributed by atoms with Crippen LogP contribution >= 0.6 is 11.3 Å². The van der Waals surface area contributed by atoms with E-state index in [1.165, 1.54) is 38.5 Å². The van der Waals surface area contributed by atoms with Crippen LogP contribution in [0.15, 0.2) is 17.6 Å². The highest BCUT2D eigenvalue weighted by Crippen LogP contribution is 2.29. The minimum absolute atomic E-state index is 0.560. The zero-order valence-corrected chi connectivity index (χ0v) is 22.0. The molecule has 1 aliphatic heterocycles. The van der Waals surface area contributed by atoms with Crippen LogP contribution in [0.4, 0.5) is 11.8 Å². The Balaban J connectivity index is 1.01. The number of piperazine rings is 1. The first-order chi connectivity index (χ1) is 17.8. The number of thiophene rings is 1. The van der Waals surface area contributed by atoms with E-state index in [1.54, 1.807) is 11.3 Å². The van der Waals surface area contributed by atoms with Gasteiger partial charge in [-0.05, 0) is 56.8 Å². The van der Waals surface area contributed by atoms with Crippen molar-refractivity contribution in [2.45, 2.75) is 64.1 Å². The second kappa shape index (κ2) is 13.3. The van der Waals surface area contributed by atoms with Crippen LogP contribution in [0.1, 0.15) is 50.6 Å². The fourth-order valence-corrected chi connectivity index (χ4v) is 5.81. The number of fused-ring (bicyclic) bond motifs is 1. The third-order valence-electron chi connectivity index (χ3n) is 7.04. The molecule has 2 aliphatic rings. The average Bonchev–Trinajstić information content (AvgIpc) is 3.59. The van der Waals surface area contributed by atoms with Gasteiger partial charge in [0, 0.05) is 38.8 Å². The Morgan fingerprint density at radius 1 is 1.03 bits per heavy atom. The van der Waals surface area contributed by atoms with E-state index in [0.29, 0.717) is 12.5 Å². The van der Waals surface area contributed by atoms with Crippen LogP contribution in [-0.4, -0.2) is 76.8 Å². The second-order valence-corrected chi connectivity index (χ2v) is 10.7. The molecule has 11 heteroatoms. The lowest BCUT2D eigenvalue weighted by Crippen LogP contribution is -2.44. The lowest BCUT2D eigenvalue weighted by molar-refractivity contribution is 0.371. The van der Waals surface area contributed by atoms with Crippen molar-refractivity contribution in [2.24, 2.45) is 0 Å². The number of nitrogens with one attached hydrogen (secondary N) is 4. The van der Waals surface area contributed by atoms with Gasteiger partial charge in [-0.15, -0.1) is 16.4 Å². The maximum Gasteiger partial charge on any atom is 0.226 e. The SMILES string of the molecule is c1cc2c(N3CCNCC3)nc(NCc3cn(CCCNCCCNC4CCCCC4)nn3)nc2s1. The zero-order valence-electron chi connectivity index (χ0n) is 21.2. The van der Waals surface area contributed by atoms with E-state index >= 15 is 0 Å². The number of aryl methyl sites for hydroxylation is 1. The van der Waals surface area contributed by atoms with Crippen molar-refractivity contribution in [3.63, 3.8) is 0 Å². The fraction of sp³-hybridized carbons (Fsp3) is 0.680. The molecule has 2 fully saturated rings. The van der Waals surface area contributed by atoms with Gasteiger partial charge in [0.2, 0.25) is 5.95 Å². The molecule has 4 heterocycles. The van der Waals surface area contributed by atoms with E-state index in [4.69, 9.17) is 9.97 Å². The van der Waals surface area contributed by atoms with E-state index in [0.717, 1.165) is 86.5 Å². The third kappa shape index (κ3) is 7.12. The number of anilines is 2. The van der Waals surface area contributed by atoms with E-state index < -0.39 is 0 Å². The maximum absolute atomic E-state index is 4.85. The van der Waals surface area contributed by atoms with Gasteiger partial charge in [-0.1, -0.05) is 24.5 Å². The van der Waals surface area contributed by atoms with Gasteiger partial charge in [0.15, 0.2) is 0 Å². The van der Waals surface area contributed by atoms with E-state index in [-0.39, 0.29) is 0 Å². The summed E-state index contributed by atoms with van der Waals surface area (Å²) in [5, 5.41) is 25.9. The summed E-state index contributed by atoms with van der Waals surface area (Å²) in [6.07, 6.45) is 11.2. The van der Waals surface area contributed by atoms with Crippen molar-refractivity contribution in [1.82, 2.24) is 40.9 Å². The Morgan fingerprint density at radius 2 is 1.89 bits per heavy atom. The lowest BCUT2D eigenvalue weighted by Gasteiger charge is -2.29.